The Hall–Kier alpha value is -3.00. The third-order valence-corrected chi connectivity index (χ3v) is 7.05. The van der Waals surface area contributed by atoms with Gasteiger partial charge in [-0.25, -0.2) is 8.42 Å². The van der Waals surface area contributed by atoms with Gasteiger partial charge in [0.15, 0.2) is 9.84 Å². The molecule has 1 heterocycles. The highest BCUT2D eigenvalue weighted by atomic mass is 32.2. The first-order chi connectivity index (χ1) is 15.5. The third kappa shape index (κ3) is 5.82. The van der Waals surface area contributed by atoms with Gasteiger partial charge in [0.25, 0.3) is 5.91 Å². The van der Waals surface area contributed by atoms with Crippen LogP contribution in [0.4, 0.5) is 5.69 Å². The number of benzene rings is 3. The molecule has 0 unspecified atom stereocenters. The molecular formula is C25H26N2O4S. The predicted molar refractivity (Wildman–Crippen MR) is 124 cm³/mol. The Kier molecular flexibility index (Phi) is 6.99. The van der Waals surface area contributed by atoms with Crippen LogP contribution in [0.25, 0.3) is 0 Å². The number of amides is 1. The second-order valence-corrected chi connectivity index (χ2v) is 9.81. The molecule has 0 aromatic heterocycles. The maximum atomic E-state index is 12.8. The zero-order valence-corrected chi connectivity index (χ0v) is 18.6. The van der Waals surface area contributed by atoms with Gasteiger partial charge in [0.05, 0.1) is 23.9 Å². The second-order valence-electron chi connectivity index (χ2n) is 7.82. The molecule has 6 nitrogen and oxygen atoms in total. The number of nitrogens with one attached hydrogen (secondary N) is 1. The summed E-state index contributed by atoms with van der Waals surface area (Å²) in [4.78, 5) is 15.4. The number of morpholine rings is 1. The molecule has 3 aromatic carbocycles. The standard InChI is InChI=1S/C25H26N2O4S/c28-25(26-23-9-5-6-20(17-23)18-27-12-14-31-15-13-27)22-8-4-7-21(16-22)19-32(29,30)24-10-2-1-3-11-24/h1-11,16-17H,12-15,18-19H2,(H,26,28). The van der Waals surface area contributed by atoms with Gasteiger partial charge >= 0.3 is 0 Å². The summed E-state index contributed by atoms with van der Waals surface area (Å²) in [6.07, 6.45) is 0. The van der Waals surface area contributed by atoms with E-state index in [0.29, 0.717) is 16.8 Å². The average molecular weight is 451 g/mol. The van der Waals surface area contributed by atoms with Gasteiger partial charge in [0.2, 0.25) is 0 Å². The summed E-state index contributed by atoms with van der Waals surface area (Å²) in [5.74, 6) is -0.430. The molecule has 4 rings (SSSR count). The van der Waals surface area contributed by atoms with Gasteiger partial charge in [-0.2, -0.15) is 0 Å². The molecule has 1 fully saturated rings. The Morgan fingerprint density at radius 3 is 2.38 bits per heavy atom. The molecular weight excluding hydrogens is 424 g/mol. The molecule has 0 atom stereocenters. The second kappa shape index (κ2) is 10.1. The van der Waals surface area contributed by atoms with Crippen molar-refractivity contribution in [1.29, 1.82) is 0 Å². The minimum Gasteiger partial charge on any atom is -0.379 e. The van der Waals surface area contributed by atoms with Gasteiger partial charge in [-0.15, -0.1) is 0 Å². The first-order valence-electron chi connectivity index (χ1n) is 10.6. The van der Waals surface area contributed by atoms with Crippen molar-refractivity contribution in [1.82, 2.24) is 4.90 Å². The lowest BCUT2D eigenvalue weighted by Crippen LogP contribution is -2.35. The number of rotatable bonds is 7. The fourth-order valence-electron chi connectivity index (χ4n) is 3.70. The van der Waals surface area contributed by atoms with E-state index in [1.165, 1.54) is 0 Å². The SMILES string of the molecule is O=C(Nc1cccc(CN2CCOCC2)c1)c1cccc(CS(=O)(=O)c2ccccc2)c1. The van der Waals surface area contributed by atoms with E-state index in [2.05, 4.69) is 10.2 Å². The first kappa shape index (κ1) is 22.2. The number of sulfone groups is 1. The molecule has 1 N–H and O–H groups in total. The van der Waals surface area contributed by atoms with Crippen LogP contribution < -0.4 is 5.32 Å². The molecule has 3 aromatic rings. The van der Waals surface area contributed by atoms with E-state index in [-0.39, 0.29) is 16.6 Å². The van der Waals surface area contributed by atoms with Gasteiger partial charge in [-0.1, -0.05) is 42.5 Å². The molecule has 166 valence electrons. The largest absolute Gasteiger partial charge is 0.379 e. The zero-order chi connectivity index (χ0) is 22.4. The van der Waals surface area contributed by atoms with E-state index < -0.39 is 9.84 Å². The number of hydrogen-bond acceptors (Lipinski definition) is 5. The fourth-order valence-corrected chi connectivity index (χ4v) is 5.06. The lowest BCUT2D eigenvalue weighted by Gasteiger charge is -2.26. The summed E-state index contributed by atoms with van der Waals surface area (Å²) in [7, 11) is -3.48. The van der Waals surface area contributed by atoms with E-state index in [4.69, 9.17) is 4.74 Å². The van der Waals surface area contributed by atoms with Gasteiger partial charge in [0, 0.05) is 30.9 Å². The number of ether oxygens (including phenoxy) is 1. The van der Waals surface area contributed by atoms with Crippen molar-refractivity contribution in [3.05, 3.63) is 95.6 Å². The minimum atomic E-state index is -3.48. The number of anilines is 1. The third-order valence-electron chi connectivity index (χ3n) is 5.34. The van der Waals surface area contributed by atoms with E-state index in [1.807, 2.05) is 24.3 Å². The van der Waals surface area contributed by atoms with E-state index >= 15 is 0 Å². The molecule has 1 saturated heterocycles. The highest BCUT2D eigenvalue weighted by Gasteiger charge is 2.16. The lowest BCUT2D eigenvalue weighted by atomic mass is 10.1. The summed E-state index contributed by atoms with van der Waals surface area (Å²) in [5, 5.41) is 2.93. The first-order valence-corrected chi connectivity index (χ1v) is 12.2. The molecule has 0 aliphatic carbocycles. The Morgan fingerprint density at radius 1 is 0.875 bits per heavy atom. The normalized spacial score (nSPS) is 14.8. The fraction of sp³-hybridized carbons (Fsp3) is 0.240. The Morgan fingerprint density at radius 2 is 1.59 bits per heavy atom. The van der Waals surface area contributed by atoms with Gasteiger partial charge in [0.1, 0.15) is 0 Å². The molecule has 7 heteroatoms. The van der Waals surface area contributed by atoms with Crippen molar-refractivity contribution in [3.63, 3.8) is 0 Å². The number of carbonyl (C=O) groups excluding carboxylic acids is 1. The highest BCUT2D eigenvalue weighted by Crippen LogP contribution is 2.19. The van der Waals surface area contributed by atoms with Crippen LogP contribution in [0.1, 0.15) is 21.5 Å². The molecule has 1 amide bonds. The van der Waals surface area contributed by atoms with Crippen LogP contribution in [0.3, 0.4) is 0 Å². The Bertz CT molecular complexity index is 1170. The summed E-state index contributed by atoms with van der Waals surface area (Å²) in [5.41, 5.74) is 2.82. The smallest absolute Gasteiger partial charge is 0.255 e. The summed E-state index contributed by atoms with van der Waals surface area (Å²) in [6.45, 7) is 4.09. The molecule has 0 bridgehead atoms. The topological polar surface area (TPSA) is 75.7 Å². The van der Waals surface area contributed by atoms with Crippen molar-refractivity contribution in [2.75, 3.05) is 31.6 Å². The highest BCUT2D eigenvalue weighted by molar-refractivity contribution is 7.90. The van der Waals surface area contributed by atoms with E-state index in [0.717, 1.165) is 38.4 Å². The quantitative estimate of drug-likeness (QED) is 0.593. The van der Waals surface area contributed by atoms with Crippen molar-refractivity contribution in [2.45, 2.75) is 17.2 Å². The number of hydrogen-bond donors (Lipinski definition) is 1. The van der Waals surface area contributed by atoms with Crippen LogP contribution in [-0.4, -0.2) is 45.5 Å². The van der Waals surface area contributed by atoms with E-state index in [9.17, 15) is 13.2 Å². The van der Waals surface area contributed by atoms with Crippen LogP contribution in [0, 0.1) is 0 Å². The number of nitrogens with zero attached hydrogens (tertiary/aromatic N) is 1. The van der Waals surface area contributed by atoms with Crippen LogP contribution >= 0.6 is 0 Å². The maximum Gasteiger partial charge on any atom is 0.255 e. The van der Waals surface area contributed by atoms with Crippen LogP contribution in [0.2, 0.25) is 0 Å². The van der Waals surface area contributed by atoms with Crippen LogP contribution in [-0.2, 0) is 26.9 Å². The molecule has 1 aliphatic rings. The van der Waals surface area contributed by atoms with Crippen molar-refractivity contribution < 1.29 is 17.9 Å². The molecule has 32 heavy (non-hydrogen) atoms. The van der Waals surface area contributed by atoms with Crippen LogP contribution in [0.5, 0.6) is 0 Å². The molecule has 0 saturated carbocycles. The molecule has 1 aliphatic heterocycles. The molecule has 0 radical (unpaired) electrons. The van der Waals surface area contributed by atoms with Gasteiger partial charge < -0.3 is 10.1 Å². The predicted octanol–water partition coefficient (Wildman–Crippen LogP) is 3.75. The van der Waals surface area contributed by atoms with E-state index in [1.54, 1.807) is 54.6 Å². The Balaban J connectivity index is 1.43. The maximum absolute atomic E-state index is 12.8. The van der Waals surface area contributed by atoms with Crippen molar-refractivity contribution >= 4 is 21.4 Å². The van der Waals surface area contributed by atoms with Crippen molar-refractivity contribution in [2.24, 2.45) is 0 Å². The minimum absolute atomic E-state index is 0.160. The van der Waals surface area contributed by atoms with Crippen LogP contribution in [0.15, 0.2) is 83.8 Å². The van der Waals surface area contributed by atoms with Gasteiger partial charge in [-0.05, 0) is 47.5 Å². The average Bonchev–Trinajstić information content (AvgIpc) is 2.80. The summed E-state index contributed by atoms with van der Waals surface area (Å²) in [6, 6.07) is 22.9. The summed E-state index contributed by atoms with van der Waals surface area (Å²) < 4.78 is 30.7. The molecule has 0 spiro atoms. The summed E-state index contributed by atoms with van der Waals surface area (Å²) >= 11 is 0. The lowest BCUT2D eigenvalue weighted by molar-refractivity contribution is 0.0342. The van der Waals surface area contributed by atoms with Crippen molar-refractivity contribution in [3.8, 4) is 0 Å². The number of carbonyl (C=O) groups is 1. The monoisotopic (exact) mass is 450 g/mol. The Labute approximate surface area is 188 Å². The van der Waals surface area contributed by atoms with Gasteiger partial charge in [-0.3, -0.25) is 9.69 Å². The zero-order valence-electron chi connectivity index (χ0n) is 17.7.